The molecular formula is C71H96ClN4Na2O21P. The van der Waals surface area contributed by atoms with Gasteiger partial charge in [0.2, 0.25) is 11.8 Å². The molecule has 29 heteroatoms. The van der Waals surface area contributed by atoms with Gasteiger partial charge in [-0.1, -0.05) is 89.6 Å². The van der Waals surface area contributed by atoms with Gasteiger partial charge in [-0.25, -0.2) is 10.1 Å². The molecule has 0 spiro atoms. The second kappa shape index (κ2) is 39.6. The van der Waals surface area contributed by atoms with E-state index in [9.17, 15) is 54.3 Å². The topological polar surface area (TPSA) is 387 Å². The molecule has 2 aliphatic heterocycles. The number of carbonyl (C=O) groups is 6. The number of carbonyl (C=O) groups excluding carboxylic acids is 5. The summed E-state index contributed by atoms with van der Waals surface area (Å²) < 4.78 is 39.7. The zero-order chi connectivity index (χ0) is 72.8. The van der Waals surface area contributed by atoms with Crippen LogP contribution in [-0.4, -0.2) is 154 Å². The number of allylic oxidation sites excluding steroid dienone is 2. The van der Waals surface area contributed by atoms with E-state index in [1.54, 1.807) is 49.2 Å². The summed E-state index contributed by atoms with van der Waals surface area (Å²) in [6, 6.07) is 18.5. The number of ether oxygens (including phenoxy) is 2. The van der Waals surface area contributed by atoms with E-state index >= 15 is 0 Å². The van der Waals surface area contributed by atoms with Crippen LogP contribution in [-0.2, 0) is 41.6 Å². The molecule has 8 fully saturated rings. The van der Waals surface area contributed by atoms with Crippen molar-refractivity contribution < 1.29 is 174 Å². The number of carboxylic acids is 1. The van der Waals surface area contributed by atoms with Crippen molar-refractivity contribution >= 4 is 44.9 Å². The summed E-state index contributed by atoms with van der Waals surface area (Å²) in [5.41, 5.74) is 6.55. The van der Waals surface area contributed by atoms with Crippen LogP contribution < -0.4 is 93.4 Å². The average Bonchev–Trinajstić information content (AvgIpc) is 1.41. The van der Waals surface area contributed by atoms with Crippen LogP contribution >= 0.6 is 8.25 Å². The first-order chi connectivity index (χ1) is 46.4. The van der Waals surface area contributed by atoms with Crippen molar-refractivity contribution in [2.75, 3.05) is 27.4 Å². The van der Waals surface area contributed by atoms with E-state index in [0.29, 0.717) is 110 Å². The number of rotatable bonds is 21. The Kier molecular flexibility index (Phi) is 34.8. The number of aliphatic hydroxyl groups excluding tert-OH is 4. The maximum Gasteiger partial charge on any atom is 1.00 e. The van der Waals surface area contributed by atoms with Crippen LogP contribution in [0, 0.1) is 69.5 Å². The summed E-state index contributed by atoms with van der Waals surface area (Å²) in [6.45, 7) is 22.6. The maximum atomic E-state index is 14.0. The third-order valence-electron chi connectivity index (χ3n) is 21.2. The van der Waals surface area contributed by atoms with E-state index in [0.717, 1.165) is 12.8 Å². The number of nitrogens with one attached hydrogen (secondary N) is 2. The maximum absolute atomic E-state index is 14.0. The number of nitrogens with zero attached hydrogens (tertiary/aromatic N) is 2. The van der Waals surface area contributed by atoms with E-state index in [1.165, 1.54) is 55.9 Å². The zero-order valence-electron chi connectivity index (χ0n) is 60.7. The number of aliphatic hydroxyl groups is 4. The minimum absolute atomic E-state index is 0. The molecule has 1 unspecified atom stereocenters. The van der Waals surface area contributed by atoms with Crippen LogP contribution in [0.15, 0.2) is 84.4 Å². The van der Waals surface area contributed by atoms with Crippen molar-refractivity contribution in [1.82, 2.24) is 20.8 Å². The Morgan fingerprint density at radius 1 is 0.690 bits per heavy atom. The summed E-state index contributed by atoms with van der Waals surface area (Å²) >= 11 is -0.417. The molecule has 2 amide bonds. The summed E-state index contributed by atoms with van der Waals surface area (Å²) in [7, 11) is -0.0155. The molecule has 4 aromatic carbocycles. The molecule has 6 aliphatic carbocycles. The van der Waals surface area contributed by atoms with E-state index in [-0.39, 0.29) is 133 Å². The van der Waals surface area contributed by atoms with Gasteiger partial charge < -0.3 is 61.3 Å². The number of amides is 2. The number of fused-ring (bicyclic) bond motifs is 4. The Hall–Kier alpha value is -4.49. The van der Waals surface area contributed by atoms with E-state index in [4.69, 9.17) is 43.2 Å². The Labute approximate surface area is 635 Å². The largest absolute Gasteiger partial charge is 1.00 e. The molecular weight excluding hydrogens is 1360 g/mol. The third kappa shape index (κ3) is 20.5. The number of aldehydes is 3. The van der Waals surface area contributed by atoms with Crippen molar-refractivity contribution in [3.63, 3.8) is 0 Å². The first-order valence-electron chi connectivity index (χ1n) is 32.6. The van der Waals surface area contributed by atoms with Gasteiger partial charge in [-0.05, 0) is 159 Å². The van der Waals surface area contributed by atoms with Crippen molar-refractivity contribution in [3.8, 4) is 33.8 Å². The molecule has 4 bridgehead atoms. The van der Waals surface area contributed by atoms with Gasteiger partial charge in [0.15, 0.2) is 0 Å². The molecule has 12 rings (SSSR count). The SMILES string of the molecule is CC=C(C)C.COc1c(CN2O[C@@H](CO)[C@@H]([C@H](C)O)[C@H]2C(=O)N[C@H]2C[C@H]3C[C@@H]([C@@H]2C)C3(C)C)cccc1-c1cc(C=O)cc(C(=O)O)c1.COc1c(CN2O[C@@H](CO)[C@@H]([C@H](C)O)[C@H]2C(=O)N[C@H]2C[C@H]3C[C@@H]([C@@H]2C)C3(C)C)cccc1-c1cc(C=O)cc(C=O)c1.O=[P+]([O-])OO.[H-].[Na+].[Na+].[O-][Cl+][O-]. The fourth-order valence-corrected chi connectivity index (χ4v) is 15.6. The van der Waals surface area contributed by atoms with Gasteiger partial charge in [-0.15, -0.1) is 0 Å². The first kappa shape index (κ1) is 87.9. The average molecular weight is 1450 g/mol. The molecule has 17 atom stereocenters. The summed E-state index contributed by atoms with van der Waals surface area (Å²) in [4.78, 5) is 95.5. The fourth-order valence-electron chi connectivity index (χ4n) is 15.6. The second-order valence-electron chi connectivity index (χ2n) is 27.6. The smallest absolute Gasteiger partial charge is 1.00 e. The second-order valence-corrected chi connectivity index (χ2v) is 28.3. The molecule has 4 aromatic rings. The number of para-hydroxylation sites is 2. The van der Waals surface area contributed by atoms with Crippen LogP contribution in [0.5, 0.6) is 11.5 Å². The van der Waals surface area contributed by atoms with Crippen LogP contribution in [0.1, 0.15) is 156 Å². The number of halogens is 1. The molecule has 25 nitrogen and oxygen atoms in total. The van der Waals surface area contributed by atoms with Crippen LogP contribution in [0.4, 0.5) is 0 Å². The molecule has 0 radical (unpaired) electrons. The van der Waals surface area contributed by atoms with Gasteiger partial charge in [-0.2, -0.15) is 10.1 Å². The molecule has 540 valence electrons. The quantitative estimate of drug-likeness (QED) is 0.0140. The van der Waals surface area contributed by atoms with Crippen molar-refractivity contribution in [3.05, 3.63) is 118 Å². The predicted octanol–water partition coefficient (Wildman–Crippen LogP) is 0.390. The molecule has 2 heterocycles. The van der Waals surface area contributed by atoms with Gasteiger partial charge in [0.25, 0.3) is 0 Å². The van der Waals surface area contributed by atoms with Gasteiger partial charge in [0, 0.05) is 67.5 Å². The Bertz CT molecular complexity index is 3450. The zero-order valence-corrected chi connectivity index (χ0v) is 65.3. The Morgan fingerprint density at radius 3 is 1.32 bits per heavy atom. The first-order valence-corrected chi connectivity index (χ1v) is 34.3. The normalized spacial score (nSPS) is 27.0. The predicted molar refractivity (Wildman–Crippen MR) is 353 cm³/mol. The monoisotopic (exact) mass is 1450 g/mol. The fraction of sp³-hybridized carbons (Fsp3) is 0.549. The van der Waals surface area contributed by atoms with E-state index < -0.39 is 73.9 Å². The number of carboxylic acid groups (broad SMARTS) is 1. The van der Waals surface area contributed by atoms with Gasteiger partial charge in [0.05, 0.1) is 69.6 Å². The van der Waals surface area contributed by atoms with Gasteiger partial charge in [0.1, 0.15) is 54.6 Å². The van der Waals surface area contributed by atoms with Crippen molar-refractivity contribution in [1.29, 1.82) is 0 Å². The van der Waals surface area contributed by atoms with E-state index in [2.05, 4.69) is 76.8 Å². The number of aromatic carboxylic acids is 1. The number of hydrogen-bond acceptors (Lipinski definition) is 22. The molecule has 8 N–H and O–H groups in total. The van der Waals surface area contributed by atoms with Crippen LogP contribution in [0.2, 0.25) is 0 Å². The van der Waals surface area contributed by atoms with Gasteiger partial charge >= 0.3 is 73.3 Å². The van der Waals surface area contributed by atoms with Crippen LogP contribution in [0.25, 0.3) is 22.3 Å². The minimum Gasteiger partial charge on any atom is -1.00 e. The van der Waals surface area contributed by atoms with Gasteiger partial charge in [-0.3, -0.25) is 33.6 Å². The molecule has 8 aliphatic rings. The molecule has 100 heavy (non-hydrogen) atoms. The van der Waals surface area contributed by atoms with Crippen molar-refractivity contribution in [2.45, 2.75) is 164 Å². The number of hydroxylamine groups is 4. The molecule has 6 saturated carbocycles. The Morgan fingerprint density at radius 2 is 1.04 bits per heavy atom. The molecule has 2 saturated heterocycles. The standard InChI is InChI=1S/C33H42N2O8.C33H42N2O7.C5H10.ClO2.2Na.HO4P.H/c1-17-25-12-23(33(25,3)4)13-26(17)34-31(39)29-28(18(2)38)27(16-37)43-35(29)14-20-7-6-8-24(30(20)42-5)21-9-19(15-36)10-22(11-21)32(40)41;1-18-26-12-24(33(26,3)4)13-27(18)34-32(40)30-29(19(2)39)28(17-38)42-35(30)14-22-7-6-8-25(31(22)41-5)23-10-20(15-36)9-21(11-23)16-37;1-4-5(2)3;2-1-3;;;1-4-5(2)3;/h6-11,15,17-18,23,25-29,37-38H,12-14,16H2,1-5H3,(H,34,39)(H,40,41);6-11,15-16,18-19,24,26-30,38-39H,12-14,17H2,1-5H3,(H,34,40);4H,1-3H3;;;;1H;/q;;;-1;2*+1;;-1/t17-,18-,23+,25-,26-,27-,28+,29-;18-,19-,24+,26-,27-,28-,29+,30-;;;;;;/m00....../s1. The third-order valence-corrected chi connectivity index (χ3v) is 21.4. The van der Waals surface area contributed by atoms with Crippen molar-refractivity contribution in [2.24, 2.45) is 58.2 Å². The number of hydrogen-bond donors (Lipinski definition) is 8. The summed E-state index contributed by atoms with van der Waals surface area (Å²) in [5.74, 6) is 0.837. The summed E-state index contributed by atoms with van der Waals surface area (Å²) in [5, 5.41) is 68.0. The Balaban J connectivity index is 0.000000436. The summed E-state index contributed by atoms with van der Waals surface area (Å²) in [6.07, 6.45) is 4.89. The van der Waals surface area contributed by atoms with E-state index in [1.807, 2.05) is 31.2 Å². The van der Waals surface area contributed by atoms with Crippen LogP contribution in [0.3, 0.4) is 0 Å². The number of benzene rings is 4. The number of methoxy groups -OCH3 is 2. The molecule has 0 aromatic heterocycles. The minimum atomic E-state index is -3.04.